The van der Waals surface area contributed by atoms with E-state index in [2.05, 4.69) is 0 Å². The lowest BCUT2D eigenvalue weighted by molar-refractivity contribution is -0.139. The normalized spacial score (nSPS) is 12.3. The lowest BCUT2D eigenvalue weighted by Crippen LogP contribution is -2.30. The summed E-state index contributed by atoms with van der Waals surface area (Å²) < 4.78 is 0. The molecule has 0 aliphatic heterocycles. The predicted octanol–water partition coefficient (Wildman–Crippen LogP) is 2.11. The van der Waals surface area contributed by atoms with Crippen LogP contribution in [0.5, 0.6) is 0 Å². The summed E-state index contributed by atoms with van der Waals surface area (Å²) in [6.07, 6.45) is -1.11. The van der Waals surface area contributed by atoms with Crippen molar-refractivity contribution in [2.75, 3.05) is 18.5 Å². The largest absolute Gasteiger partial charge is 0.481 e. The smallest absolute Gasteiger partial charge is 0.306 e. The highest BCUT2D eigenvalue weighted by Crippen LogP contribution is 2.25. The third kappa shape index (κ3) is 3.23. The van der Waals surface area contributed by atoms with E-state index in [9.17, 15) is 9.90 Å². The van der Waals surface area contributed by atoms with Gasteiger partial charge < -0.3 is 15.1 Å². The van der Waals surface area contributed by atoms with E-state index in [0.29, 0.717) is 6.54 Å². The second-order valence-electron chi connectivity index (χ2n) is 4.63. The summed E-state index contributed by atoms with van der Waals surface area (Å²) in [6.45, 7) is 0.292. The Labute approximate surface area is 111 Å². The highest BCUT2D eigenvalue weighted by atomic mass is 16.4. The first-order chi connectivity index (χ1) is 9.08. The van der Waals surface area contributed by atoms with Crippen LogP contribution in [0.1, 0.15) is 6.42 Å². The fraction of sp³-hybridized carbons (Fsp3) is 0.267. The zero-order valence-corrected chi connectivity index (χ0v) is 10.8. The summed E-state index contributed by atoms with van der Waals surface area (Å²) in [7, 11) is 1.85. The average molecular weight is 259 g/mol. The highest BCUT2D eigenvalue weighted by Gasteiger charge is 2.13. The molecule has 0 radical (unpaired) electrons. The molecule has 0 saturated carbocycles. The van der Waals surface area contributed by atoms with Crippen molar-refractivity contribution in [2.24, 2.45) is 0 Å². The number of carboxylic acids is 1. The molecule has 0 amide bonds. The van der Waals surface area contributed by atoms with E-state index in [-0.39, 0.29) is 6.42 Å². The summed E-state index contributed by atoms with van der Waals surface area (Å²) in [5, 5.41) is 20.6. The number of hydrogen-bond donors (Lipinski definition) is 2. The first kappa shape index (κ1) is 13.4. The van der Waals surface area contributed by atoms with Crippen LogP contribution < -0.4 is 4.90 Å². The van der Waals surface area contributed by atoms with Crippen LogP contribution in [0, 0.1) is 0 Å². The number of benzene rings is 2. The molecule has 2 rings (SSSR count). The summed E-state index contributed by atoms with van der Waals surface area (Å²) in [4.78, 5) is 12.4. The number of rotatable bonds is 5. The number of aliphatic hydroxyl groups excluding tert-OH is 1. The summed E-state index contributed by atoms with van der Waals surface area (Å²) >= 11 is 0. The van der Waals surface area contributed by atoms with Gasteiger partial charge in [0.1, 0.15) is 0 Å². The molecule has 2 N–H and O–H groups in total. The van der Waals surface area contributed by atoms with Crippen LogP contribution in [0.15, 0.2) is 42.5 Å². The molecule has 4 heteroatoms. The molecule has 100 valence electrons. The van der Waals surface area contributed by atoms with Gasteiger partial charge in [0.15, 0.2) is 0 Å². The Hall–Kier alpha value is -2.07. The van der Waals surface area contributed by atoms with Crippen molar-refractivity contribution in [1.82, 2.24) is 0 Å². The van der Waals surface area contributed by atoms with Gasteiger partial charge in [0.05, 0.1) is 12.5 Å². The van der Waals surface area contributed by atoms with Gasteiger partial charge in [-0.3, -0.25) is 4.79 Å². The lowest BCUT2D eigenvalue weighted by atomic mass is 10.1. The zero-order chi connectivity index (χ0) is 13.8. The van der Waals surface area contributed by atoms with Gasteiger partial charge in [-0.1, -0.05) is 36.4 Å². The lowest BCUT2D eigenvalue weighted by Gasteiger charge is -2.23. The highest BCUT2D eigenvalue weighted by molar-refractivity contribution is 5.94. The fourth-order valence-electron chi connectivity index (χ4n) is 2.22. The number of carbonyl (C=O) groups is 1. The van der Waals surface area contributed by atoms with Gasteiger partial charge in [0.25, 0.3) is 0 Å². The van der Waals surface area contributed by atoms with Crippen LogP contribution in [0.2, 0.25) is 0 Å². The molecule has 0 bridgehead atoms. The number of fused-ring (bicyclic) bond motifs is 1. The number of likely N-dealkylation sites (N-methyl/N-ethyl adjacent to an activating group) is 1. The molecule has 0 saturated heterocycles. The van der Waals surface area contributed by atoms with Crippen molar-refractivity contribution in [3.05, 3.63) is 42.5 Å². The molecule has 0 aliphatic rings. The maximum Gasteiger partial charge on any atom is 0.306 e. The minimum Gasteiger partial charge on any atom is -0.481 e. The first-order valence-corrected chi connectivity index (χ1v) is 6.16. The topological polar surface area (TPSA) is 60.8 Å². The van der Waals surface area contributed by atoms with Crippen LogP contribution >= 0.6 is 0 Å². The van der Waals surface area contributed by atoms with Crippen LogP contribution in [0.3, 0.4) is 0 Å². The Morgan fingerprint density at radius 2 is 1.89 bits per heavy atom. The molecule has 2 aromatic carbocycles. The van der Waals surface area contributed by atoms with E-state index in [0.717, 1.165) is 16.5 Å². The molecule has 2 aromatic rings. The Morgan fingerprint density at radius 3 is 2.63 bits per heavy atom. The number of carboxylic acid groups (broad SMARTS) is 1. The molecular formula is C15H17NO3. The number of nitrogens with zero attached hydrogens (tertiary/aromatic N) is 1. The quantitative estimate of drug-likeness (QED) is 0.863. The summed E-state index contributed by atoms with van der Waals surface area (Å²) in [5.41, 5.74) is 0.988. The van der Waals surface area contributed by atoms with Crippen molar-refractivity contribution in [1.29, 1.82) is 0 Å². The third-order valence-corrected chi connectivity index (χ3v) is 3.07. The van der Waals surface area contributed by atoms with Gasteiger partial charge in [-0.25, -0.2) is 0 Å². The Morgan fingerprint density at radius 1 is 1.21 bits per heavy atom. The second-order valence-corrected chi connectivity index (χ2v) is 4.63. The standard InChI is InChI=1S/C15H17NO3/c1-16(10-12(17)9-15(18)19)14-8-4-6-11-5-2-3-7-13(11)14/h2-8,12,17H,9-10H2,1H3,(H,18,19). The van der Waals surface area contributed by atoms with Gasteiger partial charge in [0, 0.05) is 24.7 Å². The molecule has 1 unspecified atom stereocenters. The molecule has 0 aromatic heterocycles. The fourth-order valence-corrected chi connectivity index (χ4v) is 2.22. The zero-order valence-electron chi connectivity index (χ0n) is 10.8. The molecule has 0 aliphatic carbocycles. The molecule has 19 heavy (non-hydrogen) atoms. The minimum atomic E-state index is -0.987. The van der Waals surface area contributed by atoms with Gasteiger partial charge in [-0.2, -0.15) is 0 Å². The van der Waals surface area contributed by atoms with Crippen molar-refractivity contribution in [3.63, 3.8) is 0 Å². The monoisotopic (exact) mass is 259 g/mol. The maximum atomic E-state index is 10.6. The van der Waals surface area contributed by atoms with E-state index in [1.807, 2.05) is 54.4 Å². The maximum absolute atomic E-state index is 10.6. The van der Waals surface area contributed by atoms with E-state index >= 15 is 0 Å². The summed E-state index contributed by atoms with van der Waals surface area (Å²) in [6, 6.07) is 13.9. The van der Waals surface area contributed by atoms with E-state index in [4.69, 9.17) is 5.11 Å². The molecule has 0 fully saturated rings. The molecule has 0 spiro atoms. The molecule has 0 heterocycles. The number of aliphatic hydroxyl groups is 1. The Kier molecular flexibility index (Phi) is 4.02. The van der Waals surface area contributed by atoms with Crippen LogP contribution in [-0.4, -0.2) is 35.9 Å². The SMILES string of the molecule is CN(CC(O)CC(=O)O)c1cccc2ccccc12. The van der Waals surface area contributed by atoms with Crippen molar-refractivity contribution in [2.45, 2.75) is 12.5 Å². The Bertz CT molecular complexity index is 577. The minimum absolute atomic E-state index is 0.241. The average Bonchev–Trinajstić information content (AvgIpc) is 2.36. The predicted molar refractivity (Wildman–Crippen MR) is 75.5 cm³/mol. The number of hydrogen-bond acceptors (Lipinski definition) is 3. The van der Waals surface area contributed by atoms with Crippen LogP contribution in [-0.2, 0) is 4.79 Å². The van der Waals surface area contributed by atoms with Crippen LogP contribution in [0.4, 0.5) is 5.69 Å². The van der Waals surface area contributed by atoms with E-state index in [1.165, 1.54) is 0 Å². The summed E-state index contributed by atoms with van der Waals surface area (Å²) in [5.74, 6) is -0.987. The van der Waals surface area contributed by atoms with Crippen molar-refractivity contribution < 1.29 is 15.0 Å². The Balaban J connectivity index is 2.21. The molecule has 1 atom stereocenters. The van der Waals surface area contributed by atoms with E-state index < -0.39 is 12.1 Å². The number of aliphatic carboxylic acids is 1. The van der Waals surface area contributed by atoms with Gasteiger partial charge in [-0.05, 0) is 11.5 Å². The molecule has 4 nitrogen and oxygen atoms in total. The van der Waals surface area contributed by atoms with Crippen molar-refractivity contribution >= 4 is 22.4 Å². The van der Waals surface area contributed by atoms with Gasteiger partial charge in [-0.15, -0.1) is 0 Å². The number of anilines is 1. The molecular weight excluding hydrogens is 242 g/mol. The van der Waals surface area contributed by atoms with Gasteiger partial charge >= 0.3 is 5.97 Å². The third-order valence-electron chi connectivity index (χ3n) is 3.07. The van der Waals surface area contributed by atoms with E-state index in [1.54, 1.807) is 0 Å². The first-order valence-electron chi connectivity index (χ1n) is 6.16. The van der Waals surface area contributed by atoms with Crippen LogP contribution in [0.25, 0.3) is 10.8 Å². The van der Waals surface area contributed by atoms with Crippen molar-refractivity contribution in [3.8, 4) is 0 Å². The van der Waals surface area contributed by atoms with Gasteiger partial charge in [0.2, 0.25) is 0 Å². The second kappa shape index (κ2) is 5.71.